The van der Waals surface area contributed by atoms with Crippen molar-refractivity contribution in [1.29, 1.82) is 0 Å². The van der Waals surface area contributed by atoms with E-state index in [0.29, 0.717) is 5.69 Å². The van der Waals surface area contributed by atoms with Crippen molar-refractivity contribution in [3.05, 3.63) is 59.7 Å². The van der Waals surface area contributed by atoms with Crippen LogP contribution in [0.3, 0.4) is 0 Å². The monoisotopic (exact) mass is 312 g/mol. The zero-order chi connectivity index (χ0) is 16.1. The van der Waals surface area contributed by atoms with Crippen molar-refractivity contribution < 1.29 is 22.4 Å². The predicted molar refractivity (Wildman–Crippen MR) is 74.5 cm³/mol. The third-order valence-electron chi connectivity index (χ3n) is 2.83. The van der Waals surface area contributed by atoms with Crippen molar-refractivity contribution >= 4 is 17.3 Å². The highest BCUT2D eigenvalue weighted by Crippen LogP contribution is 2.19. The summed E-state index contributed by atoms with van der Waals surface area (Å²) in [6.07, 6.45) is -0.0319. The third-order valence-corrected chi connectivity index (χ3v) is 2.83. The molecule has 0 bridgehead atoms. The summed E-state index contributed by atoms with van der Waals surface area (Å²) in [5, 5.41) is 5.02. The van der Waals surface area contributed by atoms with Gasteiger partial charge in [0.1, 0.15) is 5.82 Å². The Balaban J connectivity index is 1.86. The number of carbonyl (C=O) groups is 1. The van der Waals surface area contributed by atoms with Crippen molar-refractivity contribution in [2.24, 2.45) is 0 Å². The number of carbonyl (C=O) groups excluding carboxylic acids is 1. The van der Waals surface area contributed by atoms with Gasteiger partial charge in [0.15, 0.2) is 17.5 Å². The van der Waals surface area contributed by atoms with E-state index in [1.165, 1.54) is 24.3 Å². The van der Waals surface area contributed by atoms with E-state index in [1.54, 1.807) is 0 Å². The number of nitrogens with one attached hydrogen (secondary N) is 2. The first-order valence-electron chi connectivity index (χ1n) is 6.40. The SMILES string of the molecule is O=C(CCNc1ccc(F)cc1)Nc1ccc(F)c(F)c1F. The second kappa shape index (κ2) is 6.93. The van der Waals surface area contributed by atoms with E-state index in [-0.39, 0.29) is 18.8 Å². The van der Waals surface area contributed by atoms with Crippen molar-refractivity contribution in [2.75, 3.05) is 17.2 Å². The summed E-state index contributed by atoms with van der Waals surface area (Å²) in [6, 6.07) is 7.20. The molecule has 0 saturated heterocycles. The van der Waals surface area contributed by atoms with Crippen molar-refractivity contribution in [3.8, 4) is 0 Å². The Morgan fingerprint density at radius 3 is 2.27 bits per heavy atom. The summed E-state index contributed by atoms with van der Waals surface area (Å²) in [5.41, 5.74) is 0.193. The molecule has 0 heterocycles. The largest absolute Gasteiger partial charge is 0.385 e. The molecule has 2 rings (SSSR count). The van der Waals surface area contributed by atoms with E-state index in [2.05, 4.69) is 10.6 Å². The van der Waals surface area contributed by atoms with Crippen LogP contribution >= 0.6 is 0 Å². The molecule has 0 spiro atoms. The maximum Gasteiger partial charge on any atom is 0.226 e. The first-order chi connectivity index (χ1) is 10.5. The van der Waals surface area contributed by atoms with E-state index in [4.69, 9.17) is 0 Å². The number of rotatable bonds is 5. The van der Waals surface area contributed by atoms with Crippen LogP contribution in [0.1, 0.15) is 6.42 Å². The van der Waals surface area contributed by atoms with Crippen LogP contribution in [0.4, 0.5) is 28.9 Å². The first kappa shape index (κ1) is 15.8. The number of hydrogen-bond acceptors (Lipinski definition) is 2. The van der Waals surface area contributed by atoms with Gasteiger partial charge >= 0.3 is 0 Å². The predicted octanol–water partition coefficient (Wildman–Crippen LogP) is 3.68. The maximum atomic E-state index is 13.4. The highest BCUT2D eigenvalue weighted by Gasteiger charge is 2.14. The molecule has 116 valence electrons. The molecule has 0 aliphatic heterocycles. The topological polar surface area (TPSA) is 41.1 Å². The van der Waals surface area contributed by atoms with Crippen LogP contribution in [-0.2, 0) is 4.79 Å². The molecule has 2 N–H and O–H groups in total. The average Bonchev–Trinajstić information content (AvgIpc) is 2.50. The molecule has 0 radical (unpaired) electrons. The fourth-order valence-corrected chi connectivity index (χ4v) is 1.72. The van der Waals surface area contributed by atoms with Gasteiger partial charge in [0.25, 0.3) is 0 Å². The first-order valence-corrected chi connectivity index (χ1v) is 6.40. The third kappa shape index (κ3) is 3.97. The Morgan fingerprint density at radius 2 is 1.59 bits per heavy atom. The lowest BCUT2D eigenvalue weighted by Gasteiger charge is -2.09. The lowest BCUT2D eigenvalue weighted by atomic mass is 10.2. The molecule has 0 saturated carbocycles. The smallest absolute Gasteiger partial charge is 0.226 e. The molecule has 2 aromatic carbocycles. The number of amides is 1. The van der Waals surface area contributed by atoms with E-state index >= 15 is 0 Å². The Labute approximate surface area is 124 Å². The van der Waals surface area contributed by atoms with Gasteiger partial charge in [0, 0.05) is 18.7 Å². The summed E-state index contributed by atoms with van der Waals surface area (Å²) >= 11 is 0. The minimum atomic E-state index is -1.64. The summed E-state index contributed by atoms with van der Waals surface area (Å²) in [5.74, 6) is -5.35. The van der Waals surface area contributed by atoms with Crippen molar-refractivity contribution in [2.45, 2.75) is 6.42 Å². The van der Waals surface area contributed by atoms with E-state index in [0.717, 1.165) is 12.1 Å². The van der Waals surface area contributed by atoms with Crippen LogP contribution in [0, 0.1) is 23.3 Å². The van der Waals surface area contributed by atoms with E-state index in [1.807, 2.05) is 0 Å². The van der Waals surface area contributed by atoms with Gasteiger partial charge < -0.3 is 10.6 Å². The molecule has 0 atom stereocenters. The molecule has 2 aromatic rings. The molecule has 1 amide bonds. The minimum Gasteiger partial charge on any atom is -0.385 e. The number of benzene rings is 2. The fraction of sp³-hybridized carbons (Fsp3) is 0.133. The van der Waals surface area contributed by atoms with Crippen LogP contribution in [0.5, 0.6) is 0 Å². The maximum absolute atomic E-state index is 13.4. The standard InChI is InChI=1S/C15H12F4N2O/c16-9-1-3-10(4-2-9)20-8-7-13(22)21-12-6-5-11(17)14(18)15(12)19/h1-6,20H,7-8H2,(H,21,22). The van der Waals surface area contributed by atoms with E-state index in [9.17, 15) is 22.4 Å². The summed E-state index contributed by atoms with van der Waals surface area (Å²) in [7, 11) is 0. The van der Waals surface area contributed by atoms with Gasteiger partial charge in [-0.1, -0.05) is 0 Å². The second-order valence-electron chi connectivity index (χ2n) is 4.45. The molecule has 0 unspecified atom stereocenters. The summed E-state index contributed by atoms with van der Waals surface area (Å²) in [4.78, 5) is 11.6. The zero-order valence-electron chi connectivity index (χ0n) is 11.3. The molecule has 0 aliphatic rings. The molecule has 0 aliphatic carbocycles. The molecule has 3 nitrogen and oxygen atoms in total. The fourth-order valence-electron chi connectivity index (χ4n) is 1.72. The highest BCUT2D eigenvalue weighted by atomic mass is 19.2. The number of halogens is 4. The number of hydrogen-bond donors (Lipinski definition) is 2. The molecular weight excluding hydrogens is 300 g/mol. The van der Waals surface area contributed by atoms with Crippen molar-refractivity contribution in [3.63, 3.8) is 0 Å². The number of anilines is 2. The minimum absolute atomic E-state index is 0.0319. The Kier molecular flexibility index (Phi) is 4.98. The van der Waals surface area contributed by atoms with Crippen molar-refractivity contribution in [1.82, 2.24) is 0 Å². The van der Waals surface area contributed by atoms with Crippen LogP contribution in [-0.4, -0.2) is 12.5 Å². The van der Waals surface area contributed by atoms with Gasteiger partial charge in [-0.25, -0.2) is 17.6 Å². The van der Waals surface area contributed by atoms with Crippen LogP contribution < -0.4 is 10.6 Å². The molecule has 22 heavy (non-hydrogen) atoms. The van der Waals surface area contributed by atoms with Crippen LogP contribution in [0.25, 0.3) is 0 Å². The lowest BCUT2D eigenvalue weighted by molar-refractivity contribution is -0.116. The van der Waals surface area contributed by atoms with Gasteiger partial charge in [0.05, 0.1) is 5.69 Å². The average molecular weight is 312 g/mol. The van der Waals surface area contributed by atoms with Crippen LogP contribution in [0.2, 0.25) is 0 Å². The molecule has 0 fully saturated rings. The van der Waals surface area contributed by atoms with Gasteiger partial charge in [0.2, 0.25) is 5.91 Å². The normalized spacial score (nSPS) is 10.4. The summed E-state index contributed by atoms with van der Waals surface area (Å²) in [6.45, 7) is 0.211. The zero-order valence-corrected chi connectivity index (χ0v) is 11.3. The van der Waals surface area contributed by atoms with Gasteiger partial charge in [-0.2, -0.15) is 0 Å². The van der Waals surface area contributed by atoms with Gasteiger partial charge in [-0.3, -0.25) is 4.79 Å². The molecule has 7 heteroatoms. The highest BCUT2D eigenvalue weighted by molar-refractivity contribution is 5.91. The Morgan fingerprint density at radius 1 is 0.909 bits per heavy atom. The van der Waals surface area contributed by atoms with E-state index < -0.39 is 29.0 Å². The van der Waals surface area contributed by atoms with Crippen LogP contribution in [0.15, 0.2) is 36.4 Å². The second-order valence-corrected chi connectivity index (χ2v) is 4.45. The molecular formula is C15H12F4N2O. The summed E-state index contributed by atoms with van der Waals surface area (Å²) < 4.78 is 51.8. The molecule has 0 aromatic heterocycles. The lowest BCUT2D eigenvalue weighted by Crippen LogP contribution is -2.17. The Bertz CT molecular complexity index is 674. The Hall–Kier alpha value is -2.57. The quantitative estimate of drug-likeness (QED) is 0.653. The van der Waals surface area contributed by atoms with Gasteiger partial charge in [-0.05, 0) is 36.4 Å². The van der Waals surface area contributed by atoms with Gasteiger partial charge in [-0.15, -0.1) is 0 Å².